The zero-order chi connectivity index (χ0) is 15.2. The van der Waals surface area contributed by atoms with Crippen molar-refractivity contribution in [1.82, 2.24) is 0 Å². The molecule has 1 aromatic carbocycles. The highest BCUT2D eigenvalue weighted by molar-refractivity contribution is 6.32. The molecule has 0 spiro atoms. The van der Waals surface area contributed by atoms with E-state index >= 15 is 0 Å². The van der Waals surface area contributed by atoms with Gasteiger partial charge in [-0.2, -0.15) is 0 Å². The average Bonchev–Trinajstić information content (AvgIpc) is 2.32. The standard InChI is InChI=1S/C12H10ClF3O4/c13-9-2-1-3-10(8(9)4-5-11(17)18)19-6-7-20-12(14,15)16/h1-5H,6-7H2,(H,17,18)/b5-4+. The fourth-order valence-corrected chi connectivity index (χ4v) is 1.50. The van der Waals surface area contributed by atoms with Gasteiger partial charge in [-0.05, 0) is 18.2 Å². The van der Waals surface area contributed by atoms with E-state index in [0.717, 1.165) is 6.08 Å². The van der Waals surface area contributed by atoms with Gasteiger partial charge in [-0.15, -0.1) is 13.2 Å². The molecule has 20 heavy (non-hydrogen) atoms. The van der Waals surface area contributed by atoms with Crippen LogP contribution in [-0.4, -0.2) is 30.7 Å². The van der Waals surface area contributed by atoms with E-state index < -0.39 is 18.9 Å². The molecule has 0 saturated carbocycles. The van der Waals surface area contributed by atoms with Crippen molar-refractivity contribution in [3.05, 3.63) is 34.9 Å². The van der Waals surface area contributed by atoms with Crippen molar-refractivity contribution in [2.75, 3.05) is 13.2 Å². The number of carboxylic acid groups (broad SMARTS) is 1. The number of ether oxygens (including phenoxy) is 2. The van der Waals surface area contributed by atoms with Crippen LogP contribution in [0, 0.1) is 0 Å². The van der Waals surface area contributed by atoms with Crippen LogP contribution in [0.25, 0.3) is 6.08 Å². The Kier molecular flexibility index (Phi) is 5.84. The predicted molar refractivity (Wildman–Crippen MR) is 65.6 cm³/mol. The SMILES string of the molecule is O=C(O)/C=C/c1c(Cl)cccc1OCCOC(F)(F)F. The number of benzene rings is 1. The van der Waals surface area contributed by atoms with E-state index in [9.17, 15) is 18.0 Å². The first-order valence-electron chi connectivity index (χ1n) is 5.32. The summed E-state index contributed by atoms with van der Waals surface area (Å²) in [5.41, 5.74) is 0.267. The van der Waals surface area contributed by atoms with E-state index in [1.165, 1.54) is 24.3 Å². The van der Waals surface area contributed by atoms with Crippen LogP contribution in [0.15, 0.2) is 24.3 Å². The van der Waals surface area contributed by atoms with Gasteiger partial charge in [-0.1, -0.05) is 17.7 Å². The maximum atomic E-state index is 11.8. The number of rotatable bonds is 6. The third kappa shape index (κ3) is 5.94. The molecule has 0 fully saturated rings. The van der Waals surface area contributed by atoms with Crippen LogP contribution in [0.2, 0.25) is 5.02 Å². The first kappa shape index (κ1) is 16.3. The van der Waals surface area contributed by atoms with Crippen LogP contribution >= 0.6 is 11.6 Å². The highest BCUT2D eigenvalue weighted by Gasteiger charge is 2.28. The molecule has 0 aliphatic rings. The Bertz CT molecular complexity index is 500. The monoisotopic (exact) mass is 310 g/mol. The van der Waals surface area contributed by atoms with Gasteiger partial charge < -0.3 is 9.84 Å². The van der Waals surface area contributed by atoms with E-state index in [1.54, 1.807) is 0 Å². The van der Waals surface area contributed by atoms with Crippen LogP contribution in [0.5, 0.6) is 5.75 Å². The van der Waals surface area contributed by atoms with Crippen molar-refractivity contribution in [2.45, 2.75) is 6.36 Å². The van der Waals surface area contributed by atoms with Crippen molar-refractivity contribution in [3.8, 4) is 5.75 Å². The smallest absolute Gasteiger partial charge is 0.491 e. The Hall–Kier alpha value is -1.73. The summed E-state index contributed by atoms with van der Waals surface area (Å²) in [6.07, 6.45) is -2.67. The number of alkyl halides is 3. The van der Waals surface area contributed by atoms with Gasteiger partial charge in [0.05, 0.1) is 11.6 Å². The van der Waals surface area contributed by atoms with Gasteiger partial charge in [-0.3, -0.25) is 4.74 Å². The summed E-state index contributed by atoms with van der Waals surface area (Å²) in [4.78, 5) is 10.5. The summed E-state index contributed by atoms with van der Waals surface area (Å²) in [7, 11) is 0. The van der Waals surface area contributed by atoms with E-state index in [-0.39, 0.29) is 22.9 Å². The molecule has 0 amide bonds. The van der Waals surface area contributed by atoms with Gasteiger partial charge in [0.25, 0.3) is 0 Å². The number of hydrogen-bond acceptors (Lipinski definition) is 3. The zero-order valence-electron chi connectivity index (χ0n) is 9.98. The van der Waals surface area contributed by atoms with Gasteiger partial charge in [-0.25, -0.2) is 4.79 Å². The molecule has 0 atom stereocenters. The summed E-state index contributed by atoms with van der Waals surface area (Å²) < 4.78 is 43.9. The zero-order valence-corrected chi connectivity index (χ0v) is 10.7. The molecule has 0 aromatic heterocycles. The fraction of sp³-hybridized carbons (Fsp3) is 0.250. The Morgan fingerprint density at radius 2 is 2.05 bits per heavy atom. The van der Waals surface area contributed by atoms with E-state index in [1.807, 2.05) is 0 Å². The van der Waals surface area contributed by atoms with Gasteiger partial charge in [0.15, 0.2) is 0 Å². The Morgan fingerprint density at radius 3 is 2.65 bits per heavy atom. The third-order valence-corrected chi connectivity index (χ3v) is 2.34. The number of aliphatic carboxylic acids is 1. The molecule has 0 radical (unpaired) electrons. The highest BCUT2D eigenvalue weighted by atomic mass is 35.5. The van der Waals surface area contributed by atoms with Crippen molar-refractivity contribution in [2.24, 2.45) is 0 Å². The summed E-state index contributed by atoms with van der Waals surface area (Å²) in [6, 6.07) is 4.49. The van der Waals surface area contributed by atoms with Gasteiger partial charge in [0.1, 0.15) is 12.4 Å². The number of carbonyl (C=O) groups is 1. The molecule has 110 valence electrons. The minimum absolute atomic E-state index is 0.167. The minimum Gasteiger partial charge on any atom is -0.491 e. The van der Waals surface area contributed by atoms with Crippen molar-refractivity contribution < 1.29 is 32.5 Å². The molecule has 0 bridgehead atoms. The van der Waals surface area contributed by atoms with Gasteiger partial charge >= 0.3 is 12.3 Å². The van der Waals surface area contributed by atoms with Gasteiger partial charge in [0.2, 0.25) is 0 Å². The largest absolute Gasteiger partial charge is 0.522 e. The maximum Gasteiger partial charge on any atom is 0.522 e. The first-order valence-corrected chi connectivity index (χ1v) is 5.70. The summed E-state index contributed by atoms with van der Waals surface area (Å²) in [5.74, 6) is -1.02. The maximum absolute atomic E-state index is 11.8. The Balaban J connectivity index is 2.70. The number of halogens is 4. The lowest BCUT2D eigenvalue weighted by Crippen LogP contribution is -2.18. The van der Waals surface area contributed by atoms with E-state index in [0.29, 0.717) is 0 Å². The molecule has 0 aliphatic heterocycles. The summed E-state index contributed by atoms with van der Waals surface area (Å²) in [5, 5.41) is 8.76. The summed E-state index contributed by atoms with van der Waals surface area (Å²) >= 11 is 5.86. The lowest BCUT2D eigenvalue weighted by atomic mass is 10.2. The molecule has 0 unspecified atom stereocenters. The van der Waals surface area contributed by atoms with E-state index in [2.05, 4.69) is 4.74 Å². The van der Waals surface area contributed by atoms with Crippen LogP contribution in [0.1, 0.15) is 5.56 Å². The minimum atomic E-state index is -4.72. The van der Waals surface area contributed by atoms with Crippen LogP contribution in [-0.2, 0) is 9.53 Å². The second kappa shape index (κ2) is 7.16. The Morgan fingerprint density at radius 1 is 1.35 bits per heavy atom. The second-order valence-electron chi connectivity index (χ2n) is 3.47. The molecule has 0 aliphatic carbocycles. The lowest BCUT2D eigenvalue weighted by Gasteiger charge is -2.11. The normalized spacial score (nSPS) is 11.8. The molecular weight excluding hydrogens is 301 g/mol. The van der Waals surface area contributed by atoms with Crippen molar-refractivity contribution in [3.63, 3.8) is 0 Å². The molecule has 0 saturated heterocycles. The molecule has 4 nitrogen and oxygen atoms in total. The molecule has 1 aromatic rings. The van der Waals surface area contributed by atoms with Crippen LogP contribution in [0.3, 0.4) is 0 Å². The highest BCUT2D eigenvalue weighted by Crippen LogP contribution is 2.28. The topological polar surface area (TPSA) is 55.8 Å². The van der Waals surface area contributed by atoms with Crippen LogP contribution in [0.4, 0.5) is 13.2 Å². The molecule has 1 N–H and O–H groups in total. The second-order valence-corrected chi connectivity index (χ2v) is 3.87. The number of hydrogen-bond donors (Lipinski definition) is 1. The average molecular weight is 311 g/mol. The summed E-state index contributed by atoms with van der Waals surface area (Å²) in [6.45, 7) is -1.04. The molecule has 1 rings (SSSR count). The van der Waals surface area contributed by atoms with Gasteiger partial charge in [0, 0.05) is 11.6 Å². The third-order valence-electron chi connectivity index (χ3n) is 2.01. The van der Waals surface area contributed by atoms with Crippen molar-refractivity contribution >= 4 is 23.6 Å². The van der Waals surface area contributed by atoms with Crippen molar-refractivity contribution in [1.29, 1.82) is 0 Å². The Labute approximate surface area is 117 Å². The molecule has 0 heterocycles. The quantitative estimate of drug-likeness (QED) is 0.646. The molecule has 8 heteroatoms. The van der Waals surface area contributed by atoms with Crippen LogP contribution < -0.4 is 4.74 Å². The first-order chi connectivity index (χ1) is 9.29. The van der Waals surface area contributed by atoms with E-state index in [4.69, 9.17) is 21.4 Å². The predicted octanol–water partition coefficient (Wildman–Crippen LogP) is 3.35. The number of carboxylic acids is 1. The fourth-order valence-electron chi connectivity index (χ4n) is 1.27. The lowest BCUT2D eigenvalue weighted by molar-refractivity contribution is -0.325. The molecular formula is C12H10ClF3O4.